The second kappa shape index (κ2) is 12.3. The standard InChI is InChI=1S/C13H19N3O3.C10H13N3O2/c1-11(17)10-14-6-8-15(9-7-14)12-2-4-13(5-3-12)16(18)19;14-13(15)10-3-1-9(2-4-10)12-7-5-11-6-8-12/h2-5,11,17H,6-10H2,1H3;1-4,11H,5-8H2/t11-;/m0./s1. The molecule has 2 fully saturated rings. The molecule has 2 aliphatic heterocycles. The van der Waals surface area contributed by atoms with Crippen LogP contribution in [0, 0.1) is 20.2 Å². The molecule has 2 aromatic carbocycles. The molecule has 0 saturated carbocycles. The normalized spacial score (nSPS) is 17.5. The molecule has 0 aliphatic carbocycles. The number of nitrogens with zero attached hydrogens (tertiary/aromatic N) is 5. The molecule has 2 aromatic rings. The fraction of sp³-hybridized carbons (Fsp3) is 0.478. The lowest BCUT2D eigenvalue weighted by Gasteiger charge is -2.36. The van der Waals surface area contributed by atoms with Gasteiger partial charge in [0.05, 0.1) is 16.0 Å². The smallest absolute Gasteiger partial charge is 0.269 e. The first-order valence-corrected chi connectivity index (χ1v) is 11.4. The van der Waals surface area contributed by atoms with Crippen molar-refractivity contribution in [3.05, 3.63) is 68.8 Å². The molecule has 4 rings (SSSR count). The number of hydrogen-bond acceptors (Lipinski definition) is 9. The quantitative estimate of drug-likeness (QED) is 0.480. The Bertz CT molecular complexity index is 924. The Balaban J connectivity index is 0.000000196. The first kappa shape index (κ1) is 25.3. The molecule has 2 heterocycles. The van der Waals surface area contributed by atoms with Crippen molar-refractivity contribution in [1.82, 2.24) is 10.2 Å². The molecular weight excluding hydrogens is 440 g/mol. The van der Waals surface area contributed by atoms with Crippen molar-refractivity contribution in [3.8, 4) is 0 Å². The van der Waals surface area contributed by atoms with Crippen molar-refractivity contribution in [2.75, 3.05) is 68.7 Å². The van der Waals surface area contributed by atoms with Gasteiger partial charge in [0, 0.05) is 94.5 Å². The summed E-state index contributed by atoms with van der Waals surface area (Å²) >= 11 is 0. The van der Waals surface area contributed by atoms with Gasteiger partial charge in [-0.1, -0.05) is 0 Å². The number of nitro groups is 2. The first-order chi connectivity index (χ1) is 16.3. The molecule has 11 heteroatoms. The van der Waals surface area contributed by atoms with Gasteiger partial charge in [-0.15, -0.1) is 0 Å². The lowest BCUT2D eigenvalue weighted by atomic mass is 10.2. The number of β-amino-alcohol motifs (C(OH)–C–C–N with tert-alkyl or cyclic N) is 1. The minimum atomic E-state index is -0.385. The molecule has 0 radical (unpaired) electrons. The van der Waals surface area contributed by atoms with Gasteiger partial charge >= 0.3 is 0 Å². The summed E-state index contributed by atoms with van der Waals surface area (Å²) in [4.78, 5) is 27.0. The number of aliphatic hydroxyl groups excluding tert-OH is 1. The minimum absolute atomic E-state index is 0.122. The monoisotopic (exact) mass is 472 g/mol. The molecule has 2 saturated heterocycles. The second-order valence-corrected chi connectivity index (χ2v) is 8.42. The average Bonchev–Trinajstić information content (AvgIpc) is 2.85. The van der Waals surface area contributed by atoms with E-state index in [2.05, 4.69) is 20.0 Å². The lowest BCUT2D eigenvalue weighted by Crippen LogP contribution is -2.48. The van der Waals surface area contributed by atoms with Crippen molar-refractivity contribution in [2.24, 2.45) is 0 Å². The van der Waals surface area contributed by atoms with Gasteiger partial charge in [0.25, 0.3) is 11.4 Å². The maximum Gasteiger partial charge on any atom is 0.269 e. The molecule has 0 aromatic heterocycles. The Hall–Kier alpha value is -3.28. The highest BCUT2D eigenvalue weighted by molar-refractivity contribution is 5.52. The summed E-state index contributed by atoms with van der Waals surface area (Å²) in [5.41, 5.74) is 2.34. The Morgan fingerprint density at radius 2 is 1.21 bits per heavy atom. The van der Waals surface area contributed by atoms with Crippen LogP contribution in [0.1, 0.15) is 6.92 Å². The fourth-order valence-corrected chi connectivity index (χ4v) is 4.06. The van der Waals surface area contributed by atoms with Gasteiger partial charge in [0.1, 0.15) is 0 Å². The molecule has 2 aliphatic rings. The van der Waals surface area contributed by atoms with Gasteiger partial charge in [0.15, 0.2) is 0 Å². The van der Waals surface area contributed by atoms with Gasteiger partial charge in [0.2, 0.25) is 0 Å². The third-order valence-electron chi connectivity index (χ3n) is 5.86. The fourth-order valence-electron chi connectivity index (χ4n) is 4.06. The highest BCUT2D eigenvalue weighted by Crippen LogP contribution is 2.21. The Kier molecular flexibility index (Phi) is 9.14. The summed E-state index contributed by atoms with van der Waals surface area (Å²) < 4.78 is 0. The number of aliphatic hydroxyl groups is 1. The van der Waals surface area contributed by atoms with E-state index in [1.54, 1.807) is 31.2 Å². The molecule has 0 bridgehead atoms. The predicted octanol–water partition coefficient (Wildman–Crippen LogP) is 2.10. The number of hydrogen-bond donors (Lipinski definition) is 2. The molecule has 1 atom stereocenters. The number of anilines is 2. The van der Waals surface area contributed by atoms with E-state index < -0.39 is 0 Å². The van der Waals surface area contributed by atoms with Gasteiger partial charge < -0.3 is 20.2 Å². The topological polar surface area (TPSA) is 128 Å². The highest BCUT2D eigenvalue weighted by Gasteiger charge is 2.18. The zero-order valence-corrected chi connectivity index (χ0v) is 19.4. The first-order valence-electron chi connectivity index (χ1n) is 11.4. The average molecular weight is 473 g/mol. The summed E-state index contributed by atoms with van der Waals surface area (Å²) in [6.45, 7) is 9.92. The summed E-state index contributed by atoms with van der Waals surface area (Å²) in [5.74, 6) is 0. The van der Waals surface area contributed by atoms with Crippen LogP contribution in [-0.4, -0.2) is 84.9 Å². The van der Waals surface area contributed by atoms with Gasteiger partial charge in [-0.2, -0.15) is 0 Å². The van der Waals surface area contributed by atoms with E-state index in [0.717, 1.165) is 63.7 Å². The molecule has 184 valence electrons. The predicted molar refractivity (Wildman–Crippen MR) is 132 cm³/mol. The van der Waals surface area contributed by atoms with Gasteiger partial charge in [-0.3, -0.25) is 25.1 Å². The van der Waals surface area contributed by atoms with Crippen LogP contribution in [0.3, 0.4) is 0 Å². The van der Waals surface area contributed by atoms with E-state index >= 15 is 0 Å². The van der Waals surface area contributed by atoms with E-state index in [9.17, 15) is 25.3 Å². The van der Waals surface area contributed by atoms with E-state index in [-0.39, 0.29) is 27.3 Å². The van der Waals surface area contributed by atoms with Crippen LogP contribution in [0.25, 0.3) is 0 Å². The van der Waals surface area contributed by atoms with Crippen molar-refractivity contribution in [1.29, 1.82) is 0 Å². The van der Waals surface area contributed by atoms with Crippen molar-refractivity contribution in [2.45, 2.75) is 13.0 Å². The summed E-state index contributed by atoms with van der Waals surface area (Å²) in [7, 11) is 0. The third kappa shape index (κ3) is 7.37. The van der Waals surface area contributed by atoms with E-state index in [0.29, 0.717) is 6.54 Å². The number of piperazine rings is 2. The van der Waals surface area contributed by atoms with Crippen LogP contribution in [-0.2, 0) is 0 Å². The van der Waals surface area contributed by atoms with Crippen LogP contribution in [0.4, 0.5) is 22.7 Å². The minimum Gasteiger partial charge on any atom is -0.392 e. The zero-order valence-electron chi connectivity index (χ0n) is 19.4. The molecule has 2 N–H and O–H groups in total. The maximum atomic E-state index is 10.6. The number of rotatable bonds is 6. The van der Waals surface area contributed by atoms with Crippen LogP contribution in [0.5, 0.6) is 0 Å². The lowest BCUT2D eigenvalue weighted by molar-refractivity contribution is -0.385. The highest BCUT2D eigenvalue weighted by atomic mass is 16.6. The van der Waals surface area contributed by atoms with Crippen LogP contribution in [0.15, 0.2) is 48.5 Å². The Morgan fingerprint density at radius 1 is 0.794 bits per heavy atom. The maximum absolute atomic E-state index is 10.6. The summed E-state index contributed by atoms with van der Waals surface area (Å²) in [6, 6.07) is 13.4. The molecule has 0 spiro atoms. The number of nitro benzene ring substituents is 2. The van der Waals surface area contributed by atoms with Crippen molar-refractivity contribution < 1.29 is 15.0 Å². The van der Waals surface area contributed by atoms with Crippen LogP contribution in [0.2, 0.25) is 0 Å². The molecule has 0 unspecified atom stereocenters. The second-order valence-electron chi connectivity index (χ2n) is 8.42. The number of non-ortho nitro benzene ring substituents is 2. The number of benzene rings is 2. The van der Waals surface area contributed by atoms with E-state index in [1.165, 1.54) is 12.1 Å². The molecule has 11 nitrogen and oxygen atoms in total. The SMILES string of the molecule is C[C@H](O)CN1CCN(c2ccc([N+](=O)[O-])cc2)CC1.O=[N+]([O-])c1ccc(N2CCNCC2)cc1. The van der Waals surface area contributed by atoms with Gasteiger partial charge in [-0.25, -0.2) is 0 Å². The largest absolute Gasteiger partial charge is 0.392 e. The van der Waals surface area contributed by atoms with Gasteiger partial charge in [-0.05, 0) is 31.2 Å². The molecular formula is C23H32N6O5. The Morgan fingerprint density at radius 3 is 1.59 bits per heavy atom. The van der Waals surface area contributed by atoms with E-state index in [1.807, 2.05) is 12.1 Å². The van der Waals surface area contributed by atoms with Crippen molar-refractivity contribution >= 4 is 22.7 Å². The molecule has 0 amide bonds. The number of nitrogens with one attached hydrogen (secondary N) is 1. The van der Waals surface area contributed by atoms with Crippen LogP contribution >= 0.6 is 0 Å². The summed E-state index contributed by atoms with van der Waals surface area (Å²) in [6.07, 6.45) is -0.300. The van der Waals surface area contributed by atoms with E-state index in [4.69, 9.17) is 0 Å². The Labute approximate surface area is 198 Å². The summed E-state index contributed by atoms with van der Waals surface area (Å²) in [5, 5.41) is 33.7. The third-order valence-corrected chi connectivity index (χ3v) is 5.86. The van der Waals surface area contributed by atoms with Crippen LogP contribution < -0.4 is 15.1 Å². The zero-order chi connectivity index (χ0) is 24.5. The van der Waals surface area contributed by atoms with Crippen molar-refractivity contribution in [3.63, 3.8) is 0 Å². The molecule has 34 heavy (non-hydrogen) atoms.